The molecule has 8 heteroatoms. The van der Waals surface area contributed by atoms with Gasteiger partial charge in [-0.2, -0.15) is 0 Å². The number of aromatic nitrogens is 3. The fraction of sp³-hybridized carbons (Fsp3) is 0.389. The fourth-order valence-corrected chi connectivity index (χ4v) is 2.99. The molecule has 0 spiro atoms. The molecule has 26 heavy (non-hydrogen) atoms. The van der Waals surface area contributed by atoms with Gasteiger partial charge in [-0.3, -0.25) is 4.90 Å². The molecule has 0 saturated carbocycles. The minimum atomic E-state index is -0.0221. The molecule has 4 rings (SSSR count). The number of aryl methyl sites for hydroxylation is 1. The molecule has 3 aromatic rings. The van der Waals surface area contributed by atoms with Crippen LogP contribution in [0.5, 0.6) is 0 Å². The van der Waals surface area contributed by atoms with Crippen molar-refractivity contribution in [3.63, 3.8) is 0 Å². The Morgan fingerprint density at radius 3 is 3.12 bits per heavy atom. The number of ether oxygens (including phenoxy) is 1. The monoisotopic (exact) mass is 355 g/mol. The van der Waals surface area contributed by atoms with E-state index in [4.69, 9.17) is 13.7 Å². The Labute approximate surface area is 151 Å². The number of nitrogens with zero attached hydrogens (tertiary/aromatic N) is 4. The Morgan fingerprint density at radius 1 is 1.35 bits per heavy atom. The number of morpholine rings is 1. The largest absolute Gasteiger partial charge is 0.467 e. The predicted octanol–water partition coefficient (Wildman–Crippen LogP) is 2.55. The number of nitrogens with one attached hydrogen (secondary N) is 1. The molecule has 1 fully saturated rings. The zero-order chi connectivity index (χ0) is 17.8. The van der Waals surface area contributed by atoms with E-state index in [0.29, 0.717) is 26.3 Å². The van der Waals surface area contributed by atoms with E-state index in [-0.39, 0.29) is 6.04 Å². The van der Waals surface area contributed by atoms with E-state index in [2.05, 4.69) is 25.3 Å². The second kappa shape index (κ2) is 7.67. The number of furan rings is 1. The van der Waals surface area contributed by atoms with Crippen LogP contribution >= 0.6 is 0 Å². The first-order valence-corrected chi connectivity index (χ1v) is 8.61. The van der Waals surface area contributed by atoms with Gasteiger partial charge in [-0.25, -0.2) is 9.97 Å². The number of anilines is 1. The molecule has 136 valence electrons. The molecule has 1 N–H and O–H groups in total. The van der Waals surface area contributed by atoms with E-state index in [9.17, 15) is 0 Å². The van der Waals surface area contributed by atoms with Crippen molar-refractivity contribution < 1.29 is 13.7 Å². The van der Waals surface area contributed by atoms with Crippen LogP contribution in [0.3, 0.4) is 0 Å². The smallest absolute Gasteiger partial charge is 0.150 e. The summed E-state index contributed by atoms with van der Waals surface area (Å²) in [5.41, 5.74) is 0.904. The van der Waals surface area contributed by atoms with Gasteiger partial charge in [0.1, 0.15) is 23.2 Å². The minimum absolute atomic E-state index is 0.0221. The first-order chi connectivity index (χ1) is 12.8. The van der Waals surface area contributed by atoms with Crippen molar-refractivity contribution >= 4 is 5.82 Å². The van der Waals surface area contributed by atoms with Crippen LogP contribution in [0, 0.1) is 6.92 Å². The van der Waals surface area contributed by atoms with Gasteiger partial charge in [0.15, 0.2) is 0 Å². The molecule has 1 atom stereocenters. The minimum Gasteiger partial charge on any atom is -0.467 e. The lowest BCUT2D eigenvalue weighted by molar-refractivity contribution is -0.0167. The Balaban J connectivity index is 1.47. The third kappa shape index (κ3) is 3.92. The van der Waals surface area contributed by atoms with Gasteiger partial charge in [-0.1, -0.05) is 5.16 Å². The zero-order valence-corrected chi connectivity index (χ0v) is 14.6. The quantitative estimate of drug-likeness (QED) is 0.721. The van der Waals surface area contributed by atoms with Gasteiger partial charge >= 0.3 is 0 Å². The van der Waals surface area contributed by atoms with E-state index in [1.807, 2.05) is 31.2 Å². The SMILES string of the molecule is Cc1cc(CN2CCOCC2c2nccc(NCc3ccco3)n2)no1. The van der Waals surface area contributed by atoms with Crippen molar-refractivity contribution in [2.75, 3.05) is 25.1 Å². The Kier molecular flexibility index (Phi) is 4.94. The van der Waals surface area contributed by atoms with E-state index in [0.717, 1.165) is 35.4 Å². The molecule has 0 aliphatic carbocycles. The van der Waals surface area contributed by atoms with Crippen LogP contribution in [0.1, 0.15) is 29.1 Å². The molecule has 1 saturated heterocycles. The molecular weight excluding hydrogens is 334 g/mol. The summed E-state index contributed by atoms with van der Waals surface area (Å²) in [5.74, 6) is 3.16. The summed E-state index contributed by atoms with van der Waals surface area (Å²) in [6.07, 6.45) is 3.42. The maximum Gasteiger partial charge on any atom is 0.150 e. The summed E-state index contributed by atoms with van der Waals surface area (Å²) >= 11 is 0. The normalized spacial score (nSPS) is 18.1. The molecule has 0 amide bonds. The summed E-state index contributed by atoms with van der Waals surface area (Å²) in [5, 5.41) is 7.36. The third-order valence-electron chi connectivity index (χ3n) is 4.28. The average Bonchev–Trinajstić information content (AvgIpc) is 3.32. The van der Waals surface area contributed by atoms with Crippen LogP contribution in [0.4, 0.5) is 5.82 Å². The second-order valence-electron chi connectivity index (χ2n) is 6.22. The first kappa shape index (κ1) is 16.7. The Bertz CT molecular complexity index is 833. The Hall–Kier alpha value is -2.71. The predicted molar refractivity (Wildman–Crippen MR) is 93.3 cm³/mol. The zero-order valence-electron chi connectivity index (χ0n) is 14.6. The summed E-state index contributed by atoms with van der Waals surface area (Å²) in [4.78, 5) is 11.4. The van der Waals surface area contributed by atoms with Crippen molar-refractivity contribution in [3.05, 3.63) is 59.8 Å². The van der Waals surface area contributed by atoms with Crippen molar-refractivity contribution in [1.82, 2.24) is 20.0 Å². The molecule has 8 nitrogen and oxygen atoms in total. The number of hydrogen-bond donors (Lipinski definition) is 1. The second-order valence-corrected chi connectivity index (χ2v) is 6.22. The van der Waals surface area contributed by atoms with Gasteiger partial charge in [0.2, 0.25) is 0 Å². The van der Waals surface area contributed by atoms with E-state index in [1.165, 1.54) is 0 Å². The molecular formula is C18H21N5O3. The highest BCUT2D eigenvalue weighted by atomic mass is 16.5. The van der Waals surface area contributed by atoms with E-state index < -0.39 is 0 Å². The van der Waals surface area contributed by atoms with Crippen molar-refractivity contribution in [3.8, 4) is 0 Å². The lowest BCUT2D eigenvalue weighted by Crippen LogP contribution is -2.40. The molecule has 0 bridgehead atoms. The molecule has 3 aromatic heterocycles. The van der Waals surface area contributed by atoms with Crippen LogP contribution in [-0.2, 0) is 17.8 Å². The van der Waals surface area contributed by atoms with Gasteiger partial charge in [-0.05, 0) is 25.1 Å². The molecule has 1 unspecified atom stereocenters. The average molecular weight is 355 g/mol. The fourth-order valence-electron chi connectivity index (χ4n) is 2.99. The maximum atomic E-state index is 5.67. The third-order valence-corrected chi connectivity index (χ3v) is 4.28. The van der Waals surface area contributed by atoms with Gasteiger partial charge < -0.3 is 19.0 Å². The van der Waals surface area contributed by atoms with Gasteiger partial charge in [0, 0.05) is 25.4 Å². The standard InChI is InChI=1S/C18H21N5O3/c1-13-9-14(22-26-13)11-23-6-8-24-12-16(23)18-19-5-4-17(21-18)20-10-15-3-2-7-25-15/h2-5,7,9,16H,6,8,10-12H2,1H3,(H,19,20,21). The van der Waals surface area contributed by atoms with Crippen LogP contribution in [0.25, 0.3) is 0 Å². The van der Waals surface area contributed by atoms with E-state index >= 15 is 0 Å². The van der Waals surface area contributed by atoms with Gasteiger partial charge in [0.05, 0.1) is 37.8 Å². The van der Waals surface area contributed by atoms with Crippen molar-refractivity contribution in [2.24, 2.45) is 0 Å². The van der Waals surface area contributed by atoms with Crippen LogP contribution in [0.15, 0.2) is 45.7 Å². The van der Waals surface area contributed by atoms with Gasteiger partial charge in [-0.15, -0.1) is 0 Å². The molecule has 0 radical (unpaired) electrons. The first-order valence-electron chi connectivity index (χ1n) is 8.61. The summed E-state index contributed by atoms with van der Waals surface area (Å²) in [6.45, 7) is 5.18. The van der Waals surface area contributed by atoms with Crippen LogP contribution in [-0.4, -0.2) is 39.8 Å². The van der Waals surface area contributed by atoms with Crippen LogP contribution in [0.2, 0.25) is 0 Å². The molecule has 1 aliphatic heterocycles. The van der Waals surface area contributed by atoms with E-state index in [1.54, 1.807) is 12.5 Å². The molecule has 4 heterocycles. The highest BCUT2D eigenvalue weighted by Crippen LogP contribution is 2.24. The summed E-state index contributed by atoms with van der Waals surface area (Å²) in [6, 6.07) is 7.57. The topological polar surface area (TPSA) is 89.5 Å². The lowest BCUT2D eigenvalue weighted by Gasteiger charge is -2.33. The summed E-state index contributed by atoms with van der Waals surface area (Å²) < 4.78 is 16.2. The van der Waals surface area contributed by atoms with Crippen molar-refractivity contribution in [1.29, 1.82) is 0 Å². The number of rotatable bonds is 6. The van der Waals surface area contributed by atoms with Crippen LogP contribution < -0.4 is 5.32 Å². The van der Waals surface area contributed by atoms with Gasteiger partial charge in [0.25, 0.3) is 0 Å². The highest BCUT2D eigenvalue weighted by molar-refractivity contribution is 5.33. The molecule has 1 aliphatic rings. The highest BCUT2D eigenvalue weighted by Gasteiger charge is 2.28. The lowest BCUT2D eigenvalue weighted by atomic mass is 10.2. The summed E-state index contributed by atoms with van der Waals surface area (Å²) in [7, 11) is 0. The number of hydrogen-bond acceptors (Lipinski definition) is 8. The van der Waals surface area contributed by atoms with Crippen molar-refractivity contribution in [2.45, 2.75) is 26.1 Å². The maximum absolute atomic E-state index is 5.67. The molecule has 0 aromatic carbocycles. The Morgan fingerprint density at radius 2 is 2.31 bits per heavy atom.